The minimum atomic E-state index is -0.629. The summed E-state index contributed by atoms with van der Waals surface area (Å²) in [6.07, 6.45) is 0.0420. The Morgan fingerprint density at radius 3 is 2.77 bits per heavy atom. The second-order valence-electron chi connectivity index (χ2n) is 6.80. The van der Waals surface area contributed by atoms with Gasteiger partial charge in [0.05, 0.1) is 11.6 Å². The molecule has 0 aliphatic carbocycles. The highest BCUT2D eigenvalue weighted by atomic mass is 32.1. The zero-order chi connectivity index (χ0) is 21.3. The number of halogens is 1. The second kappa shape index (κ2) is 8.03. The van der Waals surface area contributed by atoms with Crippen molar-refractivity contribution in [1.29, 1.82) is 0 Å². The number of benzene rings is 2. The van der Waals surface area contributed by atoms with Gasteiger partial charge in [-0.2, -0.15) is 0 Å². The minimum absolute atomic E-state index is 0.0420. The van der Waals surface area contributed by atoms with Crippen LogP contribution in [-0.2, 0) is 14.4 Å². The molecule has 9 heteroatoms. The largest absolute Gasteiger partial charge is 0.326 e. The molecule has 0 bridgehead atoms. The van der Waals surface area contributed by atoms with Crippen molar-refractivity contribution in [3.8, 4) is 11.3 Å². The maximum absolute atomic E-state index is 14.4. The predicted molar refractivity (Wildman–Crippen MR) is 113 cm³/mol. The third kappa shape index (κ3) is 4.06. The Morgan fingerprint density at radius 2 is 2.00 bits per heavy atom. The summed E-state index contributed by atoms with van der Waals surface area (Å²) in [7, 11) is 0. The molecule has 1 aliphatic rings. The highest BCUT2D eigenvalue weighted by Gasteiger charge is 2.30. The van der Waals surface area contributed by atoms with Gasteiger partial charge in [0.25, 0.3) is 0 Å². The topological polar surface area (TPSA) is 100 Å². The van der Waals surface area contributed by atoms with E-state index in [0.29, 0.717) is 22.2 Å². The molecule has 2 heterocycles. The Balaban J connectivity index is 1.52. The molecule has 3 amide bonds. The summed E-state index contributed by atoms with van der Waals surface area (Å²) in [6.45, 7) is 1.34. The number of nitrogens with zero attached hydrogens (tertiary/aromatic N) is 1. The summed E-state index contributed by atoms with van der Waals surface area (Å²) in [5, 5.41) is 9.94. The number of anilines is 3. The van der Waals surface area contributed by atoms with Gasteiger partial charge in [0.2, 0.25) is 17.7 Å². The summed E-state index contributed by atoms with van der Waals surface area (Å²) in [5.74, 6) is -2.04. The Kier molecular flexibility index (Phi) is 5.28. The van der Waals surface area contributed by atoms with Gasteiger partial charge in [-0.15, -0.1) is 11.3 Å². The molecule has 3 N–H and O–H groups in total. The summed E-state index contributed by atoms with van der Waals surface area (Å²) in [4.78, 5) is 40.1. The normalized spacial score (nSPS) is 15.1. The van der Waals surface area contributed by atoms with Crippen LogP contribution in [0.3, 0.4) is 0 Å². The minimum Gasteiger partial charge on any atom is -0.326 e. The first-order chi connectivity index (χ1) is 14.4. The maximum Gasteiger partial charge on any atom is 0.234 e. The molecular formula is C21H17FN4O3S. The molecule has 0 saturated heterocycles. The van der Waals surface area contributed by atoms with Crippen LogP contribution in [0.5, 0.6) is 0 Å². The van der Waals surface area contributed by atoms with Gasteiger partial charge in [0.15, 0.2) is 5.13 Å². The first kappa shape index (κ1) is 19.7. The first-order valence-corrected chi connectivity index (χ1v) is 10.0. The second-order valence-corrected chi connectivity index (χ2v) is 7.65. The Bertz CT molecular complexity index is 1160. The lowest BCUT2D eigenvalue weighted by Gasteiger charge is -2.24. The van der Waals surface area contributed by atoms with Crippen LogP contribution in [0.1, 0.15) is 24.8 Å². The third-order valence-electron chi connectivity index (χ3n) is 4.62. The van der Waals surface area contributed by atoms with E-state index in [0.717, 1.165) is 16.9 Å². The van der Waals surface area contributed by atoms with Crippen LogP contribution in [0.25, 0.3) is 11.3 Å². The summed E-state index contributed by atoms with van der Waals surface area (Å²) in [6, 6.07) is 11.5. The Morgan fingerprint density at radius 1 is 1.20 bits per heavy atom. The molecule has 1 unspecified atom stereocenters. The molecule has 152 valence electrons. The number of hydrogen-bond acceptors (Lipinski definition) is 5. The van der Waals surface area contributed by atoms with Crippen LogP contribution in [0.4, 0.5) is 20.9 Å². The molecule has 1 aliphatic heterocycles. The lowest BCUT2D eigenvalue weighted by molar-refractivity contribution is -0.123. The van der Waals surface area contributed by atoms with Crippen molar-refractivity contribution < 1.29 is 18.8 Å². The zero-order valence-electron chi connectivity index (χ0n) is 15.9. The summed E-state index contributed by atoms with van der Waals surface area (Å²) >= 11 is 1.16. The van der Waals surface area contributed by atoms with Crippen LogP contribution in [0.15, 0.2) is 47.8 Å². The first-order valence-electron chi connectivity index (χ1n) is 9.13. The van der Waals surface area contributed by atoms with E-state index < -0.39 is 11.7 Å². The number of carbonyl (C=O) groups excluding carboxylic acids is 3. The molecule has 7 nitrogen and oxygen atoms in total. The number of nitrogens with one attached hydrogen (secondary N) is 3. The number of aromatic nitrogens is 1. The number of fused-ring (bicyclic) bond motifs is 1. The molecule has 0 fully saturated rings. The number of amides is 3. The monoisotopic (exact) mass is 424 g/mol. The van der Waals surface area contributed by atoms with E-state index >= 15 is 0 Å². The number of carbonyl (C=O) groups is 3. The average molecular weight is 424 g/mol. The van der Waals surface area contributed by atoms with Crippen molar-refractivity contribution in [3.05, 3.63) is 59.2 Å². The van der Waals surface area contributed by atoms with E-state index in [-0.39, 0.29) is 29.7 Å². The molecule has 0 radical (unpaired) electrons. The highest BCUT2D eigenvalue weighted by molar-refractivity contribution is 7.14. The SMILES string of the molecule is CC(=O)Nc1ccc(-c2csc(NC(=O)C3CC(=O)Nc4ccccc43)n2)c(F)c1. The van der Waals surface area contributed by atoms with Crippen LogP contribution >= 0.6 is 11.3 Å². The zero-order valence-corrected chi connectivity index (χ0v) is 16.7. The summed E-state index contributed by atoms with van der Waals surface area (Å²) in [5.41, 5.74) is 2.33. The van der Waals surface area contributed by atoms with Gasteiger partial charge in [0.1, 0.15) is 5.82 Å². The van der Waals surface area contributed by atoms with Crippen LogP contribution in [0, 0.1) is 5.82 Å². The van der Waals surface area contributed by atoms with E-state index in [9.17, 15) is 18.8 Å². The molecule has 0 saturated carbocycles. The summed E-state index contributed by atoms with van der Waals surface area (Å²) < 4.78 is 14.4. The average Bonchev–Trinajstić information content (AvgIpc) is 3.15. The fourth-order valence-electron chi connectivity index (χ4n) is 3.30. The van der Waals surface area contributed by atoms with E-state index in [4.69, 9.17) is 0 Å². The van der Waals surface area contributed by atoms with E-state index in [1.165, 1.54) is 19.1 Å². The van der Waals surface area contributed by atoms with Crippen molar-refractivity contribution in [1.82, 2.24) is 4.98 Å². The Hall–Kier alpha value is -3.59. The molecule has 1 atom stereocenters. The quantitative estimate of drug-likeness (QED) is 0.590. The van der Waals surface area contributed by atoms with Crippen molar-refractivity contribution in [3.63, 3.8) is 0 Å². The number of thiazole rings is 1. The van der Waals surface area contributed by atoms with Gasteiger partial charge in [0, 0.05) is 35.7 Å². The van der Waals surface area contributed by atoms with Gasteiger partial charge in [-0.25, -0.2) is 9.37 Å². The van der Waals surface area contributed by atoms with Gasteiger partial charge in [-0.05, 0) is 29.8 Å². The Labute approximate surface area is 175 Å². The predicted octanol–water partition coefficient (Wildman–Crippen LogP) is 3.97. The molecule has 4 rings (SSSR count). The lowest BCUT2D eigenvalue weighted by Crippen LogP contribution is -2.30. The van der Waals surface area contributed by atoms with Gasteiger partial charge in [-0.3, -0.25) is 14.4 Å². The van der Waals surface area contributed by atoms with E-state index in [1.54, 1.807) is 29.6 Å². The van der Waals surface area contributed by atoms with Gasteiger partial charge < -0.3 is 16.0 Å². The van der Waals surface area contributed by atoms with Crippen molar-refractivity contribution in [2.75, 3.05) is 16.0 Å². The third-order valence-corrected chi connectivity index (χ3v) is 5.37. The lowest BCUT2D eigenvalue weighted by atomic mass is 9.90. The molecular weight excluding hydrogens is 407 g/mol. The standard InChI is InChI=1S/C21H17FN4O3S/c1-11(27)23-12-6-7-14(16(22)8-12)18-10-30-21(25-18)26-20(29)15-9-19(28)24-17-5-3-2-4-13(15)17/h2-8,10,15H,9H2,1H3,(H,23,27)(H,24,28)(H,25,26,29). The van der Waals surface area contributed by atoms with Gasteiger partial charge >= 0.3 is 0 Å². The van der Waals surface area contributed by atoms with Gasteiger partial charge in [-0.1, -0.05) is 18.2 Å². The molecule has 3 aromatic rings. The van der Waals surface area contributed by atoms with Crippen molar-refractivity contribution in [2.45, 2.75) is 19.3 Å². The number of rotatable bonds is 4. The van der Waals surface area contributed by atoms with Crippen molar-refractivity contribution in [2.24, 2.45) is 0 Å². The molecule has 30 heavy (non-hydrogen) atoms. The van der Waals surface area contributed by atoms with E-state index in [2.05, 4.69) is 20.9 Å². The van der Waals surface area contributed by atoms with Crippen LogP contribution in [0.2, 0.25) is 0 Å². The van der Waals surface area contributed by atoms with Crippen LogP contribution in [-0.4, -0.2) is 22.7 Å². The maximum atomic E-state index is 14.4. The van der Waals surface area contributed by atoms with Crippen LogP contribution < -0.4 is 16.0 Å². The number of hydrogen-bond donors (Lipinski definition) is 3. The smallest absolute Gasteiger partial charge is 0.234 e. The number of para-hydroxylation sites is 1. The van der Waals surface area contributed by atoms with Crippen molar-refractivity contribution >= 4 is 45.6 Å². The fraction of sp³-hybridized carbons (Fsp3) is 0.143. The van der Waals surface area contributed by atoms with E-state index in [1.807, 2.05) is 6.07 Å². The highest BCUT2D eigenvalue weighted by Crippen LogP contribution is 2.34. The molecule has 2 aromatic carbocycles. The fourth-order valence-corrected chi connectivity index (χ4v) is 4.01. The molecule has 1 aromatic heterocycles. The molecule has 0 spiro atoms.